The van der Waals surface area contributed by atoms with Crippen LogP contribution in [0, 0.1) is 5.92 Å². The molecule has 2 aromatic heterocycles. The molecule has 2 rings (SSSR count). The van der Waals surface area contributed by atoms with Gasteiger partial charge in [0.15, 0.2) is 5.69 Å². The number of thiazole rings is 1. The van der Waals surface area contributed by atoms with Crippen LogP contribution >= 0.6 is 22.7 Å². The molecule has 0 unspecified atom stereocenters. The van der Waals surface area contributed by atoms with Gasteiger partial charge in [-0.1, -0.05) is 30.2 Å². The van der Waals surface area contributed by atoms with Crippen molar-refractivity contribution in [3.8, 4) is 10.6 Å². The molecule has 2 aromatic rings. The zero-order chi connectivity index (χ0) is 15.2. The average Bonchev–Trinajstić information content (AvgIpc) is 3.10. The molecule has 0 fully saturated rings. The number of hydrazine groups is 1. The van der Waals surface area contributed by atoms with Crippen LogP contribution in [0.2, 0.25) is 0 Å². The molecule has 0 saturated carbocycles. The van der Waals surface area contributed by atoms with Crippen molar-refractivity contribution in [1.29, 1.82) is 0 Å². The van der Waals surface area contributed by atoms with Gasteiger partial charge in [0, 0.05) is 16.8 Å². The van der Waals surface area contributed by atoms with Gasteiger partial charge in [-0.25, -0.2) is 0 Å². The normalized spacial score (nSPS) is 12.1. The minimum atomic E-state index is 0.568. The molecule has 0 aliphatic carbocycles. The molecule has 0 radical (unpaired) electrons. The number of rotatable bonds is 7. The van der Waals surface area contributed by atoms with Crippen LogP contribution in [-0.2, 0) is 6.54 Å². The van der Waals surface area contributed by atoms with Crippen molar-refractivity contribution < 1.29 is 4.68 Å². The first kappa shape index (κ1) is 15.9. The number of hydrazone groups is 1. The molecule has 5 nitrogen and oxygen atoms in total. The highest BCUT2D eigenvalue weighted by Crippen LogP contribution is 2.30. The van der Waals surface area contributed by atoms with Crippen molar-refractivity contribution in [2.75, 3.05) is 6.54 Å². The van der Waals surface area contributed by atoms with Crippen LogP contribution in [0.25, 0.3) is 10.6 Å². The van der Waals surface area contributed by atoms with Crippen molar-refractivity contribution in [2.45, 2.75) is 26.8 Å². The standard InChI is InChI=1S/C14H21N5S2/c1-10(2)5-6-17-9-19(16)14-18-12(8-20-14)13-4-3-11(7-15)21-13/h3-4,8-10H,5-7,15-16H2,1-2H3/p+1. The maximum absolute atomic E-state index is 5.98. The van der Waals surface area contributed by atoms with E-state index in [1.165, 1.54) is 16.0 Å². The van der Waals surface area contributed by atoms with E-state index in [0.717, 1.165) is 33.5 Å². The lowest BCUT2D eigenvalue weighted by Crippen LogP contribution is -2.25. The minimum absolute atomic E-state index is 0.568. The second-order valence-electron chi connectivity index (χ2n) is 5.16. The zero-order valence-electron chi connectivity index (χ0n) is 12.4. The van der Waals surface area contributed by atoms with Crippen LogP contribution < -0.4 is 16.9 Å². The van der Waals surface area contributed by atoms with Gasteiger partial charge in [-0.3, -0.25) is 5.84 Å². The summed E-state index contributed by atoms with van der Waals surface area (Å²) in [5.74, 6) is 6.66. The maximum Gasteiger partial charge on any atom is 0.343 e. The SMILES string of the molecule is CC(C)CCNC=[N+](N)c1nc(-c2ccc(CN)s2)cs1. The zero-order valence-corrected chi connectivity index (χ0v) is 14.0. The summed E-state index contributed by atoms with van der Waals surface area (Å²) in [6.07, 6.45) is 2.88. The molecule has 21 heavy (non-hydrogen) atoms. The van der Waals surface area contributed by atoms with E-state index in [-0.39, 0.29) is 0 Å². The van der Waals surface area contributed by atoms with Crippen LogP contribution in [0.5, 0.6) is 0 Å². The summed E-state index contributed by atoms with van der Waals surface area (Å²) in [6, 6.07) is 4.09. The number of nitrogens with one attached hydrogen (secondary N) is 1. The topological polar surface area (TPSA) is 80.0 Å². The van der Waals surface area contributed by atoms with E-state index in [1.54, 1.807) is 17.7 Å². The van der Waals surface area contributed by atoms with Crippen LogP contribution in [0.3, 0.4) is 0 Å². The smallest absolute Gasteiger partial charge is 0.326 e. The molecule has 0 spiro atoms. The lowest BCUT2D eigenvalue weighted by molar-refractivity contribution is -0.449. The number of aromatic nitrogens is 1. The number of hydrogen-bond acceptors (Lipinski definition) is 5. The molecule has 114 valence electrons. The molecule has 0 aliphatic rings. The van der Waals surface area contributed by atoms with E-state index in [0.29, 0.717) is 12.5 Å². The van der Waals surface area contributed by atoms with Gasteiger partial charge >= 0.3 is 5.13 Å². The van der Waals surface area contributed by atoms with Crippen LogP contribution in [-0.4, -0.2) is 22.6 Å². The Balaban J connectivity index is 2.00. The first-order valence-corrected chi connectivity index (χ1v) is 8.65. The fourth-order valence-electron chi connectivity index (χ4n) is 1.71. The summed E-state index contributed by atoms with van der Waals surface area (Å²) in [6.45, 7) is 5.88. The van der Waals surface area contributed by atoms with E-state index >= 15 is 0 Å². The predicted octanol–water partition coefficient (Wildman–Crippen LogP) is 2.51. The first-order chi connectivity index (χ1) is 10.1. The molecule has 0 aromatic carbocycles. The highest BCUT2D eigenvalue weighted by molar-refractivity contribution is 7.16. The Kier molecular flexibility index (Phi) is 5.72. The summed E-state index contributed by atoms with van der Waals surface area (Å²) in [5, 5.41) is 5.99. The number of thiophene rings is 1. The number of nitrogens with zero attached hydrogens (tertiary/aromatic N) is 2. The summed E-state index contributed by atoms with van der Waals surface area (Å²) >= 11 is 3.20. The van der Waals surface area contributed by atoms with E-state index in [2.05, 4.69) is 30.2 Å². The molecule has 0 bridgehead atoms. The van der Waals surface area contributed by atoms with Gasteiger partial charge in [0.05, 0.1) is 11.4 Å². The Morgan fingerprint density at radius 3 is 2.90 bits per heavy atom. The predicted molar refractivity (Wildman–Crippen MR) is 90.9 cm³/mol. The molecule has 7 heteroatoms. The van der Waals surface area contributed by atoms with Crippen LogP contribution in [0.1, 0.15) is 25.1 Å². The van der Waals surface area contributed by atoms with Gasteiger partial charge in [-0.15, -0.1) is 16.0 Å². The Bertz CT molecular complexity index is 600. The summed E-state index contributed by atoms with van der Waals surface area (Å²) < 4.78 is 1.53. The third-order valence-electron chi connectivity index (χ3n) is 2.92. The van der Waals surface area contributed by atoms with Crippen molar-refractivity contribution in [3.05, 3.63) is 22.4 Å². The lowest BCUT2D eigenvalue weighted by atomic mass is 10.1. The van der Waals surface area contributed by atoms with Gasteiger partial charge in [-0.2, -0.15) is 0 Å². The van der Waals surface area contributed by atoms with Gasteiger partial charge in [0.2, 0.25) is 6.34 Å². The third-order valence-corrected chi connectivity index (χ3v) is 4.91. The van der Waals surface area contributed by atoms with Crippen molar-refractivity contribution in [2.24, 2.45) is 17.5 Å². The van der Waals surface area contributed by atoms with Crippen LogP contribution in [0.15, 0.2) is 17.5 Å². The Hall–Kier alpha value is -1.44. The first-order valence-electron chi connectivity index (χ1n) is 6.95. The van der Waals surface area contributed by atoms with Gasteiger partial charge in [0.1, 0.15) is 0 Å². The molecule has 2 heterocycles. The second-order valence-corrected chi connectivity index (χ2v) is 7.16. The maximum atomic E-state index is 5.98. The quantitative estimate of drug-likeness (QED) is 0.183. The van der Waals surface area contributed by atoms with Crippen LogP contribution in [0.4, 0.5) is 5.13 Å². The van der Waals surface area contributed by atoms with Crippen molar-refractivity contribution in [3.63, 3.8) is 0 Å². The molecule has 0 atom stereocenters. The summed E-state index contributed by atoms with van der Waals surface area (Å²) in [4.78, 5) is 6.84. The van der Waals surface area contributed by atoms with E-state index in [9.17, 15) is 0 Å². The third kappa shape index (κ3) is 4.52. The molecule has 0 aliphatic heterocycles. The van der Waals surface area contributed by atoms with E-state index < -0.39 is 0 Å². The second kappa shape index (κ2) is 7.53. The van der Waals surface area contributed by atoms with E-state index in [1.807, 2.05) is 11.4 Å². The lowest BCUT2D eigenvalue weighted by Gasteiger charge is -2.01. The fourth-order valence-corrected chi connectivity index (χ4v) is 3.36. The highest BCUT2D eigenvalue weighted by Gasteiger charge is 2.14. The van der Waals surface area contributed by atoms with Crippen molar-refractivity contribution >= 4 is 34.1 Å². The summed E-state index contributed by atoms with van der Waals surface area (Å²) in [7, 11) is 0. The summed E-state index contributed by atoms with van der Waals surface area (Å²) in [5.41, 5.74) is 6.58. The highest BCUT2D eigenvalue weighted by atomic mass is 32.1. The molecule has 5 N–H and O–H groups in total. The minimum Gasteiger partial charge on any atom is -0.326 e. The Morgan fingerprint density at radius 2 is 2.24 bits per heavy atom. The Labute approximate surface area is 133 Å². The average molecular weight is 324 g/mol. The molecule has 0 saturated heterocycles. The molecular weight excluding hydrogens is 302 g/mol. The number of nitrogens with two attached hydrogens (primary N) is 2. The Morgan fingerprint density at radius 1 is 1.43 bits per heavy atom. The van der Waals surface area contributed by atoms with Gasteiger partial charge < -0.3 is 11.1 Å². The largest absolute Gasteiger partial charge is 0.343 e. The van der Waals surface area contributed by atoms with Gasteiger partial charge in [0.25, 0.3) is 0 Å². The fraction of sp³-hybridized carbons (Fsp3) is 0.429. The van der Waals surface area contributed by atoms with Crippen molar-refractivity contribution in [1.82, 2.24) is 10.3 Å². The van der Waals surface area contributed by atoms with E-state index in [4.69, 9.17) is 11.6 Å². The molecule has 0 amide bonds. The number of hydrogen-bond donors (Lipinski definition) is 3. The van der Waals surface area contributed by atoms with Gasteiger partial charge in [-0.05, 0) is 24.5 Å². The molecular formula is C14H22N5S2+. The monoisotopic (exact) mass is 324 g/mol.